The van der Waals surface area contributed by atoms with Crippen LogP contribution in [-0.4, -0.2) is 49.9 Å². The molecule has 4 aromatic rings. The molecule has 47 heavy (non-hydrogen) atoms. The average Bonchev–Trinajstić information content (AvgIpc) is 3.29. The Balaban J connectivity index is 1.12. The number of thioether (sulfide) groups is 1. The molecular weight excluding hydrogens is 650 g/mol. The molecule has 1 aromatic heterocycles. The molecule has 0 bridgehead atoms. The van der Waals surface area contributed by atoms with Gasteiger partial charge in [-0.2, -0.15) is 4.99 Å². The Hall–Kier alpha value is -5.12. The quantitative estimate of drug-likeness (QED) is 0.203. The van der Waals surface area contributed by atoms with Gasteiger partial charge in [0.2, 0.25) is 5.91 Å². The standard InChI is InChI=1S/C31H22F6N6O3S/c1-17-2-9-21(22-14-30(22,33)34)25(12-17)43-27(44)15-47-29(43)40-28(45)39-24-10-3-18(13-23(24)32)4-11-26-38-16-42(41-26)19-5-7-20(8-6-19)46-31(35,36)37/h2-13,16,22H,14-15H2,1H3,(H,39,45). The van der Waals surface area contributed by atoms with Gasteiger partial charge in [-0.1, -0.05) is 36.0 Å². The van der Waals surface area contributed by atoms with E-state index >= 15 is 0 Å². The third kappa shape index (κ3) is 7.32. The minimum absolute atomic E-state index is 0.0131. The van der Waals surface area contributed by atoms with Crippen LogP contribution in [0.15, 0.2) is 72.0 Å². The van der Waals surface area contributed by atoms with Gasteiger partial charge in [-0.15, -0.1) is 18.3 Å². The van der Waals surface area contributed by atoms with Crippen molar-refractivity contribution in [3.8, 4) is 11.4 Å². The number of anilines is 2. The van der Waals surface area contributed by atoms with Gasteiger partial charge < -0.3 is 10.1 Å². The molecule has 0 spiro atoms. The number of carbonyl (C=O) groups excluding carboxylic acids is 2. The average molecular weight is 673 g/mol. The highest BCUT2D eigenvalue weighted by Crippen LogP contribution is 2.58. The number of aliphatic imine (C=N–C) groups is 1. The lowest BCUT2D eigenvalue weighted by molar-refractivity contribution is -0.274. The number of halogens is 6. The number of benzene rings is 3. The molecule has 3 aromatic carbocycles. The van der Waals surface area contributed by atoms with E-state index in [1.165, 1.54) is 47.4 Å². The first kappa shape index (κ1) is 31.8. The lowest BCUT2D eigenvalue weighted by Crippen LogP contribution is -2.31. The molecule has 1 aliphatic heterocycles. The molecule has 9 nitrogen and oxygen atoms in total. The van der Waals surface area contributed by atoms with Gasteiger partial charge in [-0.05, 0) is 72.2 Å². The van der Waals surface area contributed by atoms with Gasteiger partial charge in [0.05, 0.1) is 28.7 Å². The van der Waals surface area contributed by atoms with Crippen LogP contribution in [-0.2, 0) is 4.79 Å². The summed E-state index contributed by atoms with van der Waals surface area (Å²) in [6.45, 7) is 1.75. The van der Waals surface area contributed by atoms with E-state index in [-0.39, 0.29) is 45.9 Å². The SMILES string of the molecule is Cc1ccc(C2CC2(F)F)c(N2C(=O)CSC2=NC(=O)Nc2ccc(C=Cc3ncn(-c4ccc(OC(F)(F)F)cc4)n3)cc2F)c1. The second-order valence-corrected chi connectivity index (χ2v) is 11.5. The van der Waals surface area contributed by atoms with Crippen molar-refractivity contribution in [2.75, 3.05) is 16.0 Å². The first-order chi connectivity index (χ1) is 22.3. The van der Waals surface area contributed by atoms with Crippen LogP contribution in [0, 0.1) is 12.7 Å². The molecule has 3 amide bonds. The number of carbonyl (C=O) groups is 2. The van der Waals surface area contributed by atoms with E-state index < -0.39 is 36.0 Å². The van der Waals surface area contributed by atoms with Crippen LogP contribution < -0.4 is 15.0 Å². The van der Waals surface area contributed by atoms with E-state index in [0.29, 0.717) is 11.3 Å². The van der Waals surface area contributed by atoms with E-state index in [1.54, 1.807) is 25.1 Å². The van der Waals surface area contributed by atoms with Gasteiger partial charge in [0.15, 0.2) is 11.0 Å². The molecular formula is C31H22F6N6O3S. The van der Waals surface area contributed by atoms with Gasteiger partial charge in [-0.3, -0.25) is 9.69 Å². The largest absolute Gasteiger partial charge is 0.573 e. The van der Waals surface area contributed by atoms with E-state index in [2.05, 4.69) is 25.1 Å². The Morgan fingerprint density at radius 1 is 1.11 bits per heavy atom. The number of nitrogens with one attached hydrogen (secondary N) is 1. The topological polar surface area (TPSA) is 102 Å². The third-order valence-corrected chi connectivity index (χ3v) is 8.02. The summed E-state index contributed by atoms with van der Waals surface area (Å²) in [5.74, 6) is -5.33. The number of amides is 3. The summed E-state index contributed by atoms with van der Waals surface area (Å²) in [4.78, 5) is 34.7. The number of rotatable bonds is 7. The summed E-state index contributed by atoms with van der Waals surface area (Å²) in [6, 6.07) is 12.8. The Labute approximate surface area is 267 Å². The fourth-order valence-corrected chi connectivity index (χ4v) is 5.65. The molecule has 1 unspecified atom stereocenters. The summed E-state index contributed by atoms with van der Waals surface area (Å²) in [7, 11) is 0. The van der Waals surface area contributed by atoms with Crippen LogP contribution in [0.25, 0.3) is 17.8 Å². The van der Waals surface area contributed by atoms with E-state index in [9.17, 15) is 35.9 Å². The lowest BCUT2D eigenvalue weighted by atomic mass is 10.0. The maximum Gasteiger partial charge on any atom is 0.573 e. The van der Waals surface area contributed by atoms with Gasteiger partial charge in [-0.25, -0.2) is 27.6 Å². The lowest BCUT2D eigenvalue weighted by Gasteiger charge is -2.20. The Morgan fingerprint density at radius 2 is 1.85 bits per heavy atom. The first-order valence-corrected chi connectivity index (χ1v) is 14.8. The summed E-state index contributed by atoms with van der Waals surface area (Å²) < 4.78 is 85.1. The number of hydrogen-bond donors (Lipinski definition) is 1. The molecule has 2 aliphatic rings. The number of aryl methyl sites for hydroxylation is 1. The molecule has 2 fully saturated rings. The van der Waals surface area contributed by atoms with Crippen molar-refractivity contribution < 1.29 is 40.7 Å². The predicted octanol–water partition coefficient (Wildman–Crippen LogP) is 7.57. The molecule has 0 radical (unpaired) electrons. The number of alkyl halides is 5. The normalized spacial score (nSPS) is 18.3. The maximum atomic E-state index is 14.9. The smallest absolute Gasteiger partial charge is 0.406 e. The van der Waals surface area contributed by atoms with Crippen molar-refractivity contribution in [1.82, 2.24) is 14.8 Å². The highest BCUT2D eigenvalue weighted by Gasteiger charge is 2.58. The predicted molar refractivity (Wildman–Crippen MR) is 163 cm³/mol. The summed E-state index contributed by atoms with van der Waals surface area (Å²) in [5, 5.41) is 6.54. The van der Waals surface area contributed by atoms with Crippen LogP contribution in [0.1, 0.15) is 34.9 Å². The van der Waals surface area contributed by atoms with Gasteiger partial charge >= 0.3 is 12.4 Å². The summed E-state index contributed by atoms with van der Waals surface area (Å²) in [6.07, 6.45) is -0.806. The van der Waals surface area contributed by atoms with E-state index in [4.69, 9.17) is 0 Å². The van der Waals surface area contributed by atoms with Gasteiger partial charge in [0.1, 0.15) is 17.9 Å². The number of nitrogens with zero attached hydrogens (tertiary/aromatic N) is 5. The minimum atomic E-state index is -4.81. The molecule has 1 saturated carbocycles. The van der Waals surface area contributed by atoms with Gasteiger partial charge in [0, 0.05) is 6.42 Å². The highest BCUT2D eigenvalue weighted by molar-refractivity contribution is 8.15. The molecule has 242 valence electrons. The molecule has 1 N–H and O–H groups in total. The summed E-state index contributed by atoms with van der Waals surface area (Å²) in [5.41, 5.74) is 1.89. The number of hydrogen-bond acceptors (Lipinski definition) is 6. The van der Waals surface area contributed by atoms with Crippen LogP contribution in [0.4, 0.5) is 42.5 Å². The van der Waals surface area contributed by atoms with E-state index in [0.717, 1.165) is 40.4 Å². The molecule has 1 aliphatic carbocycles. The Bertz CT molecular complexity index is 1930. The highest BCUT2D eigenvalue weighted by atomic mass is 32.2. The fourth-order valence-electron chi connectivity index (χ4n) is 4.79. The van der Waals surface area contributed by atoms with Crippen molar-refractivity contribution in [2.45, 2.75) is 31.5 Å². The van der Waals surface area contributed by atoms with Crippen LogP contribution in [0.5, 0.6) is 5.75 Å². The second kappa shape index (κ2) is 12.2. The third-order valence-electron chi connectivity index (χ3n) is 7.09. The fraction of sp³-hybridized carbons (Fsp3) is 0.194. The van der Waals surface area contributed by atoms with E-state index in [1.807, 2.05) is 0 Å². The van der Waals surface area contributed by atoms with Crippen molar-refractivity contribution in [3.63, 3.8) is 0 Å². The zero-order valence-electron chi connectivity index (χ0n) is 24.1. The summed E-state index contributed by atoms with van der Waals surface area (Å²) >= 11 is 0.968. The molecule has 6 rings (SSSR count). The Morgan fingerprint density at radius 3 is 2.53 bits per heavy atom. The zero-order chi connectivity index (χ0) is 33.5. The Kier molecular flexibility index (Phi) is 8.29. The number of aromatic nitrogens is 3. The molecule has 2 heterocycles. The monoisotopic (exact) mass is 672 g/mol. The van der Waals surface area contributed by atoms with Crippen molar-refractivity contribution >= 4 is 52.4 Å². The molecule has 1 saturated heterocycles. The minimum Gasteiger partial charge on any atom is -0.406 e. The maximum absolute atomic E-state index is 14.9. The van der Waals surface area contributed by atoms with Crippen molar-refractivity contribution in [3.05, 3.63) is 95.3 Å². The second-order valence-electron chi connectivity index (χ2n) is 10.6. The van der Waals surface area contributed by atoms with Gasteiger partial charge in [0.25, 0.3) is 5.92 Å². The molecule has 16 heteroatoms. The van der Waals surface area contributed by atoms with Crippen LogP contribution in [0.2, 0.25) is 0 Å². The number of urea groups is 1. The first-order valence-electron chi connectivity index (χ1n) is 13.8. The zero-order valence-corrected chi connectivity index (χ0v) is 25.0. The van der Waals surface area contributed by atoms with Crippen LogP contribution >= 0.6 is 11.8 Å². The van der Waals surface area contributed by atoms with Crippen molar-refractivity contribution in [2.24, 2.45) is 4.99 Å². The number of amidine groups is 1. The van der Waals surface area contributed by atoms with Crippen LogP contribution in [0.3, 0.4) is 0 Å². The van der Waals surface area contributed by atoms with Crippen molar-refractivity contribution in [1.29, 1.82) is 0 Å². The number of ether oxygens (including phenoxy) is 1. The molecule has 1 atom stereocenters.